The molecule has 0 atom stereocenters. The molecule has 1 aromatic carbocycles. The number of thioether (sulfide) groups is 1. The summed E-state index contributed by atoms with van der Waals surface area (Å²) in [5, 5.41) is 14.5. The van der Waals surface area contributed by atoms with Crippen molar-refractivity contribution < 1.29 is 19.1 Å². The van der Waals surface area contributed by atoms with Gasteiger partial charge in [-0.2, -0.15) is 0 Å². The lowest BCUT2D eigenvalue weighted by molar-refractivity contribution is -0.142. The van der Waals surface area contributed by atoms with Crippen LogP contribution in [-0.4, -0.2) is 44.0 Å². The SMILES string of the molecule is C=CCn1c(COc2ccc(Cl)c(C)c2)nnc1SCC(=O)Nc1nc(CC(=O)OCC)cs1. The van der Waals surface area contributed by atoms with Gasteiger partial charge in [0.15, 0.2) is 16.1 Å². The molecule has 0 saturated carbocycles. The zero-order valence-corrected chi connectivity index (χ0v) is 21.1. The van der Waals surface area contributed by atoms with Crippen LogP contribution in [0.1, 0.15) is 24.0 Å². The minimum absolute atomic E-state index is 0.0695. The monoisotopic (exact) mass is 521 g/mol. The third-order valence-corrected chi connectivity index (χ3v) is 6.56. The first kappa shape index (κ1) is 25.7. The molecule has 0 unspecified atom stereocenters. The van der Waals surface area contributed by atoms with Gasteiger partial charge in [0.25, 0.3) is 0 Å². The number of nitrogens with zero attached hydrogens (tertiary/aromatic N) is 4. The number of carbonyl (C=O) groups excluding carboxylic acids is 2. The van der Waals surface area contributed by atoms with E-state index in [1.807, 2.05) is 17.6 Å². The van der Waals surface area contributed by atoms with E-state index in [0.29, 0.717) is 45.7 Å². The van der Waals surface area contributed by atoms with E-state index in [1.165, 1.54) is 23.1 Å². The molecule has 0 saturated heterocycles. The molecule has 3 aromatic rings. The Morgan fingerprint density at radius 1 is 1.35 bits per heavy atom. The maximum atomic E-state index is 12.4. The maximum absolute atomic E-state index is 12.4. The van der Waals surface area contributed by atoms with Crippen molar-refractivity contribution in [1.82, 2.24) is 19.7 Å². The topological polar surface area (TPSA) is 108 Å². The summed E-state index contributed by atoms with van der Waals surface area (Å²) in [4.78, 5) is 28.2. The van der Waals surface area contributed by atoms with Crippen LogP contribution in [0.15, 0.2) is 41.4 Å². The Kier molecular flexibility index (Phi) is 9.49. The Morgan fingerprint density at radius 2 is 2.18 bits per heavy atom. The molecule has 9 nitrogen and oxygen atoms in total. The van der Waals surface area contributed by atoms with E-state index in [4.69, 9.17) is 21.1 Å². The molecule has 3 rings (SSSR count). The number of hydrogen-bond donors (Lipinski definition) is 1. The average molecular weight is 522 g/mol. The van der Waals surface area contributed by atoms with Crippen LogP contribution in [0.4, 0.5) is 5.13 Å². The number of carbonyl (C=O) groups is 2. The smallest absolute Gasteiger partial charge is 0.311 e. The van der Waals surface area contributed by atoms with Crippen molar-refractivity contribution in [1.29, 1.82) is 0 Å². The van der Waals surface area contributed by atoms with Gasteiger partial charge in [0.2, 0.25) is 5.91 Å². The van der Waals surface area contributed by atoms with E-state index >= 15 is 0 Å². The normalized spacial score (nSPS) is 10.7. The molecule has 0 aliphatic carbocycles. The summed E-state index contributed by atoms with van der Waals surface area (Å²) in [6, 6.07) is 5.43. The molecule has 0 spiro atoms. The molecule has 1 N–H and O–H groups in total. The van der Waals surface area contributed by atoms with Crippen molar-refractivity contribution in [2.24, 2.45) is 0 Å². The number of anilines is 1. The summed E-state index contributed by atoms with van der Waals surface area (Å²) < 4.78 is 12.6. The summed E-state index contributed by atoms with van der Waals surface area (Å²) >= 11 is 8.56. The summed E-state index contributed by atoms with van der Waals surface area (Å²) in [7, 11) is 0. The highest BCUT2D eigenvalue weighted by Gasteiger charge is 2.16. The quantitative estimate of drug-likeness (QED) is 0.213. The zero-order chi connectivity index (χ0) is 24.5. The van der Waals surface area contributed by atoms with Crippen molar-refractivity contribution in [3.8, 4) is 5.75 Å². The molecular formula is C22H24ClN5O4S2. The Balaban J connectivity index is 1.55. The second-order valence-corrected chi connectivity index (χ2v) is 9.17. The Morgan fingerprint density at radius 3 is 2.91 bits per heavy atom. The van der Waals surface area contributed by atoms with Crippen LogP contribution >= 0.6 is 34.7 Å². The van der Waals surface area contributed by atoms with Crippen LogP contribution in [-0.2, 0) is 33.9 Å². The van der Waals surface area contributed by atoms with E-state index in [2.05, 4.69) is 27.1 Å². The summed E-state index contributed by atoms with van der Waals surface area (Å²) in [6.45, 7) is 8.42. The fourth-order valence-corrected chi connectivity index (χ4v) is 4.40. The minimum atomic E-state index is -0.353. The molecule has 180 valence electrons. The highest BCUT2D eigenvalue weighted by molar-refractivity contribution is 7.99. The van der Waals surface area contributed by atoms with Crippen LogP contribution in [0, 0.1) is 6.92 Å². The lowest BCUT2D eigenvalue weighted by Crippen LogP contribution is -2.15. The van der Waals surface area contributed by atoms with Gasteiger partial charge in [-0.25, -0.2) is 4.98 Å². The van der Waals surface area contributed by atoms with Crippen LogP contribution < -0.4 is 10.1 Å². The summed E-state index contributed by atoms with van der Waals surface area (Å²) in [5.41, 5.74) is 1.47. The van der Waals surface area contributed by atoms with Crippen LogP contribution in [0.25, 0.3) is 0 Å². The van der Waals surface area contributed by atoms with Crippen LogP contribution in [0.5, 0.6) is 5.75 Å². The number of ether oxygens (including phenoxy) is 2. The van der Waals surface area contributed by atoms with Crippen molar-refractivity contribution in [3.63, 3.8) is 0 Å². The zero-order valence-electron chi connectivity index (χ0n) is 18.7. The number of halogens is 1. The van der Waals surface area contributed by atoms with Gasteiger partial charge < -0.3 is 14.8 Å². The van der Waals surface area contributed by atoms with Crippen molar-refractivity contribution in [2.75, 3.05) is 17.7 Å². The fraction of sp³-hybridized carbons (Fsp3) is 0.318. The standard InChI is InChI=1S/C22H24ClN5O4S2/c1-4-8-28-18(11-32-16-6-7-17(23)14(3)9-16)26-27-22(28)34-13-19(29)25-21-24-15(12-33-21)10-20(30)31-5-2/h4,6-7,9,12H,1,5,8,10-11,13H2,2-3H3,(H,24,25,29). The molecule has 0 radical (unpaired) electrons. The van der Waals surface area contributed by atoms with Gasteiger partial charge in [-0.05, 0) is 37.6 Å². The highest BCUT2D eigenvalue weighted by Crippen LogP contribution is 2.23. The minimum Gasteiger partial charge on any atom is -0.486 e. The van der Waals surface area contributed by atoms with E-state index in [0.717, 1.165) is 5.56 Å². The molecule has 12 heteroatoms. The number of aryl methyl sites for hydroxylation is 1. The van der Waals surface area contributed by atoms with Crippen LogP contribution in [0.3, 0.4) is 0 Å². The Bertz CT molecular complexity index is 1160. The predicted molar refractivity (Wildman–Crippen MR) is 133 cm³/mol. The van der Waals surface area contributed by atoms with Gasteiger partial charge in [0.1, 0.15) is 12.4 Å². The summed E-state index contributed by atoms with van der Waals surface area (Å²) in [6.07, 6.45) is 1.80. The molecule has 0 bridgehead atoms. The number of amides is 1. The number of thiazole rings is 1. The second-order valence-electron chi connectivity index (χ2n) is 6.96. The van der Waals surface area contributed by atoms with Gasteiger partial charge in [-0.1, -0.05) is 29.4 Å². The number of rotatable bonds is 12. The molecule has 2 heterocycles. The van der Waals surface area contributed by atoms with Crippen molar-refractivity contribution in [2.45, 2.75) is 38.6 Å². The molecule has 0 aliphatic rings. The number of esters is 1. The molecular weight excluding hydrogens is 498 g/mol. The van der Waals surface area contributed by atoms with E-state index in [9.17, 15) is 9.59 Å². The number of aromatic nitrogens is 4. The van der Waals surface area contributed by atoms with Crippen LogP contribution in [0.2, 0.25) is 5.02 Å². The van der Waals surface area contributed by atoms with E-state index < -0.39 is 0 Å². The number of hydrogen-bond acceptors (Lipinski definition) is 9. The third kappa shape index (κ3) is 7.31. The van der Waals surface area contributed by atoms with E-state index in [-0.39, 0.29) is 30.7 Å². The van der Waals surface area contributed by atoms with Crippen molar-refractivity contribution >= 4 is 51.7 Å². The first-order chi connectivity index (χ1) is 16.4. The maximum Gasteiger partial charge on any atom is 0.311 e. The number of nitrogens with one attached hydrogen (secondary N) is 1. The summed E-state index contributed by atoms with van der Waals surface area (Å²) in [5.74, 6) is 0.797. The van der Waals surface area contributed by atoms with Gasteiger partial charge >= 0.3 is 5.97 Å². The van der Waals surface area contributed by atoms with Gasteiger partial charge in [-0.15, -0.1) is 28.1 Å². The third-order valence-electron chi connectivity index (χ3n) is 4.36. The lowest BCUT2D eigenvalue weighted by Gasteiger charge is -2.10. The molecule has 2 aromatic heterocycles. The second kappa shape index (κ2) is 12.5. The van der Waals surface area contributed by atoms with Gasteiger partial charge in [0.05, 0.1) is 24.5 Å². The van der Waals surface area contributed by atoms with Gasteiger partial charge in [0, 0.05) is 16.9 Å². The molecule has 1 amide bonds. The molecule has 34 heavy (non-hydrogen) atoms. The van der Waals surface area contributed by atoms with Crippen molar-refractivity contribution in [3.05, 3.63) is 58.3 Å². The Labute approximate surface area is 210 Å². The molecule has 0 fully saturated rings. The Hall–Kier alpha value is -2.89. The first-order valence-corrected chi connectivity index (χ1v) is 12.6. The molecule has 0 aliphatic heterocycles. The lowest BCUT2D eigenvalue weighted by atomic mass is 10.2. The van der Waals surface area contributed by atoms with Gasteiger partial charge in [-0.3, -0.25) is 14.2 Å². The number of allylic oxidation sites excluding steroid dienone is 1. The first-order valence-electron chi connectivity index (χ1n) is 10.3. The van der Waals surface area contributed by atoms with E-state index in [1.54, 1.807) is 30.5 Å². The number of benzene rings is 1. The fourth-order valence-electron chi connectivity index (χ4n) is 2.79. The predicted octanol–water partition coefficient (Wildman–Crippen LogP) is 4.30. The largest absolute Gasteiger partial charge is 0.486 e. The average Bonchev–Trinajstić information content (AvgIpc) is 3.40. The highest BCUT2D eigenvalue weighted by atomic mass is 35.5.